The van der Waals surface area contributed by atoms with Gasteiger partial charge in [0.15, 0.2) is 0 Å². The van der Waals surface area contributed by atoms with Crippen LogP contribution >= 0.6 is 0 Å². The van der Waals surface area contributed by atoms with E-state index in [0.29, 0.717) is 0 Å². The summed E-state index contributed by atoms with van der Waals surface area (Å²) in [5, 5.41) is 0. The molecule has 2 aliphatic rings. The van der Waals surface area contributed by atoms with Gasteiger partial charge in [-0.2, -0.15) is 0 Å². The van der Waals surface area contributed by atoms with Crippen molar-refractivity contribution in [1.82, 2.24) is 4.90 Å². The molecule has 1 aliphatic carbocycles. The van der Waals surface area contributed by atoms with Gasteiger partial charge in [-0.1, -0.05) is 20.3 Å². The molecular weight excluding hydrogens is 110 g/mol. The van der Waals surface area contributed by atoms with E-state index in [1.165, 1.54) is 19.3 Å². The van der Waals surface area contributed by atoms with Crippen molar-refractivity contribution in [3.8, 4) is 0 Å². The summed E-state index contributed by atoms with van der Waals surface area (Å²) in [4.78, 5) is 2.48. The second kappa shape index (κ2) is 2.70. The van der Waals surface area contributed by atoms with Gasteiger partial charge in [0.1, 0.15) is 0 Å². The highest BCUT2D eigenvalue weighted by Crippen LogP contribution is 2.39. The summed E-state index contributed by atoms with van der Waals surface area (Å²) in [6.07, 6.45) is 4.43. The fourth-order valence-corrected chi connectivity index (χ4v) is 1.80. The van der Waals surface area contributed by atoms with Crippen molar-refractivity contribution in [1.29, 1.82) is 0 Å². The first-order valence-electron chi connectivity index (χ1n) is 4.11. The lowest BCUT2D eigenvalue weighted by Gasteiger charge is -1.94. The smallest absolute Gasteiger partial charge is 0.0252 e. The number of likely N-dealkylation sites (tertiary alicyclic amines) is 1. The molecule has 0 radical (unpaired) electrons. The molecule has 2 fully saturated rings. The molecule has 54 valence electrons. The van der Waals surface area contributed by atoms with Crippen LogP contribution in [0.2, 0.25) is 0 Å². The third-order valence-corrected chi connectivity index (χ3v) is 2.40. The van der Waals surface area contributed by atoms with E-state index in [4.69, 9.17) is 0 Å². The van der Waals surface area contributed by atoms with Crippen LogP contribution in [0.25, 0.3) is 0 Å². The maximum atomic E-state index is 2.48. The Labute approximate surface area is 58.0 Å². The Balaban J connectivity index is 0.000000186. The quantitative estimate of drug-likeness (QED) is 0.449. The van der Waals surface area contributed by atoms with E-state index in [1.54, 1.807) is 0 Å². The average molecular weight is 127 g/mol. The van der Waals surface area contributed by atoms with Crippen molar-refractivity contribution in [3.63, 3.8) is 0 Å². The lowest BCUT2D eigenvalue weighted by molar-refractivity contribution is 0.501. The number of nitrogens with zero attached hydrogens (tertiary/aromatic N) is 1. The summed E-state index contributed by atoms with van der Waals surface area (Å²) < 4.78 is 0. The predicted octanol–water partition coefficient (Wildman–Crippen LogP) is 1.88. The summed E-state index contributed by atoms with van der Waals surface area (Å²) in [5.74, 6) is 0. The minimum atomic E-state index is 1.01. The van der Waals surface area contributed by atoms with Crippen molar-refractivity contribution >= 4 is 0 Å². The lowest BCUT2D eigenvalue weighted by atomic mass is 10.3. The van der Waals surface area contributed by atoms with Crippen LogP contribution < -0.4 is 0 Å². The van der Waals surface area contributed by atoms with Gasteiger partial charge in [0, 0.05) is 12.1 Å². The third-order valence-electron chi connectivity index (χ3n) is 2.40. The molecule has 0 N–H and O–H groups in total. The van der Waals surface area contributed by atoms with Gasteiger partial charge < -0.3 is 0 Å². The van der Waals surface area contributed by atoms with Crippen LogP contribution in [0.4, 0.5) is 0 Å². The van der Waals surface area contributed by atoms with Gasteiger partial charge in [-0.05, 0) is 19.9 Å². The first-order chi connectivity index (χ1) is 4.39. The van der Waals surface area contributed by atoms with Gasteiger partial charge in [-0.15, -0.1) is 0 Å². The summed E-state index contributed by atoms with van der Waals surface area (Å²) in [7, 11) is 2.23. The van der Waals surface area contributed by atoms with Crippen LogP contribution in [0.5, 0.6) is 0 Å². The topological polar surface area (TPSA) is 3.01 Å². The molecule has 0 spiro atoms. The molecule has 2 unspecified atom stereocenters. The number of likely N-dealkylation sites (N-methyl/N-ethyl adjacent to an activating group) is 1. The Morgan fingerprint density at radius 1 is 1.11 bits per heavy atom. The average Bonchev–Trinajstić information content (AvgIpc) is 2.36. The zero-order valence-corrected chi connectivity index (χ0v) is 6.72. The molecule has 0 amide bonds. The fraction of sp³-hybridized carbons (Fsp3) is 1.00. The zero-order chi connectivity index (χ0) is 6.85. The highest BCUT2D eigenvalue weighted by Gasteiger charge is 2.46. The predicted molar refractivity (Wildman–Crippen MR) is 40.5 cm³/mol. The number of rotatable bonds is 0. The Kier molecular flexibility index (Phi) is 2.12. The highest BCUT2D eigenvalue weighted by molar-refractivity contribution is 5.03. The Bertz CT molecular complexity index is 80.6. The van der Waals surface area contributed by atoms with Crippen molar-refractivity contribution in [2.75, 3.05) is 7.05 Å². The summed E-state index contributed by atoms with van der Waals surface area (Å²) in [6.45, 7) is 4.00. The number of hydrogen-bond acceptors (Lipinski definition) is 1. The molecule has 1 heterocycles. The molecular formula is C8H17N. The fourth-order valence-electron chi connectivity index (χ4n) is 1.80. The molecule has 2 atom stereocenters. The van der Waals surface area contributed by atoms with E-state index in [0.717, 1.165) is 12.1 Å². The largest absolute Gasteiger partial charge is 0.297 e. The number of piperidine rings is 1. The van der Waals surface area contributed by atoms with Gasteiger partial charge >= 0.3 is 0 Å². The standard InChI is InChI=1S/C6H11N.C2H6/c1-7-5-3-2-4-6(5)7;1-2/h5-6H,2-4H2,1H3;1-2H3. The second-order valence-corrected chi connectivity index (χ2v) is 2.73. The first kappa shape index (κ1) is 7.07. The van der Waals surface area contributed by atoms with Crippen molar-refractivity contribution < 1.29 is 0 Å². The van der Waals surface area contributed by atoms with Gasteiger partial charge in [0.25, 0.3) is 0 Å². The maximum absolute atomic E-state index is 2.48. The molecule has 1 saturated heterocycles. The van der Waals surface area contributed by atoms with Crippen molar-refractivity contribution in [3.05, 3.63) is 0 Å². The van der Waals surface area contributed by atoms with Crippen LogP contribution in [-0.4, -0.2) is 24.0 Å². The van der Waals surface area contributed by atoms with E-state index in [9.17, 15) is 0 Å². The molecule has 0 aromatic rings. The molecule has 1 heteroatoms. The third kappa shape index (κ3) is 1.11. The monoisotopic (exact) mass is 127 g/mol. The molecule has 0 aromatic heterocycles. The molecule has 0 bridgehead atoms. The number of fused-ring (bicyclic) bond motifs is 1. The Morgan fingerprint density at radius 2 is 1.56 bits per heavy atom. The number of hydrogen-bond donors (Lipinski definition) is 0. The molecule has 1 saturated carbocycles. The first-order valence-corrected chi connectivity index (χ1v) is 4.11. The van der Waals surface area contributed by atoms with Gasteiger partial charge in [-0.3, -0.25) is 4.90 Å². The van der Waals surface area contributed by atoms with E-state index in [1.807, 2.05) is 13.8 Å². The minimum Gasteiger partial charge on any atom is -0.297 e. The van der Waals surface area contributed by atoms with Crippen LogP contribution in [0.15, 0.2) is 0 Å². The molecule has 0 aromatic carbocycles. The summed E-state index contributed by atoms with van der Waals surface area (Å²) >= 11 is 0. The normalized spacial score (nSPS) is 45.0. The van der Waals surface area contributed by atoms with Crippen LogP contribution in [0, 0.1) is 0 Å². The van der Waals surface area contributed by atoms with Gasteiger partial charge in [0.2, 0.25) is 0 Å². The van der Waals surface area contributed by atoms with E-state index in [-0.39, 0.29) is 0 Å². The molecule has 1 aliphatic heterocycles. The molecule has 2 rings (SSSR count). The van der Waals surface area contributed by atoms with Crippen LogP contribution in [0.1, 0.15) is 33.1 Å². The van der Waals surface area contributed by atoms with E-state index < -0.39 is 0 Å². The SMILES string of the molecule is CC.CN1C2CCCC21. The van der Waals surface area contributed by atoms with Crippen LogP contribution in [0.3, 0.4) is 0 Å². The summed E-state index contributed by atoms with van der Waals surface area (Å²) in [6, 6.07) is 2.03. The maximum Gasteiger partial charge on any atom is 0.0252 e. The second-order valence-electron chi connectivity index (χ2n) is 2.73. The molecule has 1 nitrogen and oxygen atoms in total. The van der Waals surface area contributed by atoms with E-state index in [2.05, 4.69) is 11.9 Å². The Morgan fingerprint density at radius 3 is 1.78 bits per heavy atom. The lowest BCUT2D eigenvalue weighted by Crippen LogP contribution is -1.95. The van der Waals surface area contributed by atoms with Crippen molar-refractivity contribution in [2.45, 2.75) is 45.2 Å². The van der Waals surface area contributed by atoms with Crippen molar-refractivity contribution in [2.24, 2.45) is 0 Å². The van der Waals surface area contributed by atoms with Gasteiger partial charge in [-0.25, -0.2) is 0 Å². The zero-order valence-electron chi connectivity index (χ0n) is 6.72. The Hall–Kier alpha value is -0.0400. The van der Waals surface area contributed by atoms with E-state index >= 15 is 0 Å². The van der Waals surface area contributed by atoms with Crippen LogP contribution in [-0.2, 0) is 0 Å². The minimum absolute atomic E-state index is 1.01. The van der Waals surface area contributed by atoms with Gasteiger partial charge in [0.05, 0.1) is 0 Å². The summed E-state index contributed by atoms with van der Waals surface area (Å²) in [5.41, 5.74) is 0. The molecule has 9 heavy (non-hydrogen) atoms. The highest BCUT2D eigenvalue weighted by atomic mass is 15.3.